The van der Waals surface area contributed by atoms with Crippen molar-refractivity contribution in [3.05, 3.63) is 23.2 Å². The van der Waals surface area contributed by atoms with Gasteiger partial charge in [0.05, 0.1) is 17.0 Å². The number of benzene rings is 1. The average molecular weight is 334 g/mol. The highest BCUT2D eigenvalue weighted by Crippen LogP contribution is 2.26. The van der Waals surface area contributed by atoms with E-state index >= 15 is 0 Å². The largest absolute Gasteiger partial charge is 0.495 e. The van der Waals surface area contributed by atoms with Gasteiger partial charge in [0.1, 0.15) is 5.75 Å². The summed E-state index contributed by atoms with van der Waals surface area (Å²) in [5.74, 6) is 0.455. The molecular formula is C13H20ClN3O3S. The molecule has 0 aromatic heterocycles. The van der Waals surface area contributed by atoms with E-state index in [1.165, 1.54) is 19.2 Å². The molecule has 1 fully saturated rings. The van der Waals surface area contributed by atoms with Crippen molar-refractivity contribution in [2.24, 2.45) is 0 Å². The van der Waals surface area contributed by atoms with Crippen molar-refractivity contribution >= 4 is 21.6 Å². The third-order valence-electron chi connectivity index (χ3n) is 3.36. The molecule has 1 aromatic rings. The van der Waals surface area contributed by atoms with E-state index in [1.54, 1.807) is 6.07 Å². The molecule has 8 heteroatoms. The van der Waals surface area contributed by atoms with Gasteiger partial charge in [0.25, 0.3) is 0 Å². The summed E-state index contributed by atoms with van der Waals surface area (Å²) in [4.78, 5) is 2.37. The summed E-state index contributed by atoms with van der Waals surface area (Å²) in [6.45, 7) is 4.85. The zero-order valence-electron chi connectivity index (χ0n) is 11.9. The van der Waals surface area contributed by atoms with Crippen LogP contribution in [0.5, 0.6) is 5.75 Å². The lowest BCUT2D eigenvalue weighted by molar-refractivity contribution is 0.245. The molecule has 0 unspecified atom stereocenters. The van der Waals surface area contributed by atoms with E-state index in [9.17, 15) is 8.42 Å². The number of hydrogen-bond acceptors (Lipinski definition) is 5. The van der Waals surface area contributed by atoms with Gasteiger partial charge in [0.15, 0.2) is 0 Å². The standard InChI is InChI=1S/C13H20ClN3O3S/c1-20-13-3-2-11(10-12(13)14)21(18,19)16-6-9-17-7-4-15-5-8-17/h2-3,10,15-16H,4-9H2,1H3. The van der Waals surface area contributed by atoms with Gasteiger partial charge < -0.3 is 10.1 Å². The maximum absolute atomic E-state index is 12.2. The van der Waals surface area contributed by atoms with E-state index in [4.69, 9.17) is 16.3 Å². The van der Waals surface area contributed by atoms with Gasteiger partial charge in [0, 0.05) is 39.3 Å². The minimum atomic E-state index is -3.54. The van der Waals surface area contributed by atoms with Gasteiger partial charge in [-0.05, 0) is 18.2 Å². The Morgan fingerprint density at radius 3 is 2.71 bits per heavy atom. The monoisotopic (exact) mass is 333 g/mol. The molecular weight excluding hydrogens is 314 g/mol. The first kappa shape index (κ1) is 16.5. The van der Waals surface area contributed by atoms with Crippen molar-refractivity contribution in [1.29, 1.82) is 0 Å². The van der Waals surface area contributed by atoms with Gasteiger partial charge in [-0.1, -0.05) is 11.6 Å². The van der Waals surface area contributed by atoms with Gasteiger partial charge >= 0.3 is 0 Å². The summed E-state index contributed by atoms with van der Waals surface area (Å²) in [5.41, 5.74) is 0. The van der Waals surface area contributed by atoms with Gasteiger partial charge in [0.2, 0.25) is 10.0 Å². The summed E-state index contributed by atoms with van der Waals surface area (Å²) in [7, 11) is -2.05. The molecule has 1 aliphatic heterocycles. The maximum atomic E-state index is 12.2. The highest BCUT2D eigenvalue weighted by Gasteiger charge is 2.16. The lowest BCUT2D eigenvalue weighted by Crippen LogP contribution is -2.46. The van der Waals surface area contributed by atoms with E-state index in [0.29, 0.717) is 18.8 Å². The molecule has 0 radical (unpaired) electrons. The minimum Gasteiger partial charge on any atom is -0.495 e. The minimum absolute atomic E-state index is 0.147. The third kappa shape index (κ3) is 4.55. The van der Waals surface area contributed by atoms with Crippen LogP contribution in [0.4, 0.5) is 0 Å². The van der Waals surface area contributed by atoms with Gasteiger partial charge in [-0.3, -0.25) is 4.90 Å². The van der Waals surface area contributed by atoms with E-state index in [2.05, 4.69) is 14.9 Å². The third-order valence-corrected chi connectivity index (χ3v) is 5.12. The molecule has 0 aliphatic carbocycles. The second-order valence-electron chi connectivity index (χ2n) is 4.79. The zero-order valence-corrected chi connectivity index (χ0v) is 13.5. The fourth-order valence-electron chi connectivity index (χ4n) is 2.17. The van der Waals surface area contributed by atoms with E-state index < -0.39 is 10.0 Å². The van der Waals surface area contributed by atoms with Crippen LogP contribution in [0, 0.1) is 0 Å². The van der Waals surface area contributed by atoms with E-state index in [0.717, 1.165) is 26.2 Å². The fraction of sp³-hybridized carbons (Fsp3) is 0.538. The predicted molar refractivity (Wildman–Crippen MR) is 82.5 cm³/mol. The van der Waals surface area contributed by atoms with Crippen LogP contribution in [0.25, 0.3) is 0 Å². The lowest BCUT2D eigenvalue weighted by Gasteiger charge is -2.27. The predicted octanol–water partition coefficient (Wildman–Crippen LogP) is 0.532. The molecule has 1 saturated heterocycles. The molecule has 0 spiro atoms. The van der Waals surface area contributed by atoms with Crippen LogP contribution in [0.15, 0.2) is 23.1 Å². The summed E-state index contributed by atoms with van der Waals surface area (Å²) in [6.07, 6.45) is 0. The summed E-state index contributed by atoms with van der Waals surface area (Å²) in [6, 6.07) is 4.43. The Balaban J connectivity index is 1.93. The van der Waals surface area contributed by atoms with E-state index in [1.807, 2.05) is 0 Å². The van der Waals surface area contributed by atoms with Crippen molar-refractivity contribution in [3.8, 4) is 5.75 Å². The van der Waals surface area contributed by atoms with Crippen LogP contribution >= 0.6 is 11.6 Å². The first-order valence-electron chi connectivity index (χ1n) is 6.79. The van der Waals surface area contributed by atoms with Crippen LogP contribution in [-0.2, 0) is 10.0 Å². The molecule has 0 amide bonds. The molecule has 1 heterocycles. The molecule has 0 bridgehead atoms. The Hall–Kier alpha value is -0.860. The van der Waals surface area contributed by atoms with Crippen LogP contribution in [0.2, 0.25) is 5.02 Å². The number of rotatable bonds is 6. The molecule has 0 atom stereocenters. The SMILES string of the molecule is COc1ccc(S(=O)(=O)NCCN2CCNCC2)cc1Cl. The second-order valence-corrected chi connectivity index (χ2v) is 6.96. The van der Waals surface area contributed by atoms with Crippen molar-refractivity contribution in [1.82, 2.24) is 14.9 Å². The Labute approximate surface area is 130 Å². The summed E-state index contributed by atoms with van der Waals surface area (Å²) in [5, 5.41) is 3.54. The first-order valence-corrected chi connectivity index (χ1v) is 8.65. The average Bonchev–Trinajstić information content (AvgIpc) is 2.48. The van der Waals surface area contributed by atoms with Crippen LogP contribution in [0.1, 0.15) is 0 Å². The smallest absolute Gasteiger partial charge is 0.240 e. The molecule has 1 aromatic carbocycles. The molecule has 6 nitrogen and oxygen atoms in total. The Kier molecular flexibility index (Phi) is 5.83. The van der Waals surface area contributed by atoms with Crippen LogP contribution < -0.4 is 14.8 Å². The van der Waals surface area contributed by atoms with E-state index in [-0.39, 0.29) is 9.92 Å². The lowest BCUT2D eigenvalue weighted by atomic mass is 10.3. The Morgan fingerprint density at radius 2 is 2.10 bits per heavy atom. The first-order chi connectivity index (χ1) is 10.0. The van der Waals surface area contributed by atoms with Crippen molar-refractivity contribution in [2.45, 2.75) is 4.90 Å². The zero-order chi connectivity index (χ0) is 15.3. The number of halogens is 1. The second kappa shape index (κ2) is 7.42. The normalized spacial score (nSPS) is 16.9. The molecule has 0 saturated carbocycles. The topological polar surface area (TPSA) is 70.7 Å². The summed E-state index contributed by atoms with van der Waals surface area (Å²) < 4.78 is 32.0. The van der Waals surface area contributed by atoms with Gasteiger partial charge in [-0.2, -0.15) is 0 Å². The number of piperazine rings is 1. The fourth-order valence-corrected chi connectivity index (χ4v) is 3.54. The highest BCUT2D eigenvalue weighted by molar-refractivity contribution is 7.89. The molecule has 2 N–H and O–H groups in total. The van der Waals surface area contributed by atoms with Gasteiger partial charge in [-0.15, -0.1) is 0 Å². The molecule has 21 heavy (non-hydrogen) atoms. The number of hydrogen-bond donors (Lipinski definition) is 2. The number of nitrogens with zero attached hydrogens (tertiary/aromatic N) is 1. The number of sulfonamides is 1. The van der Waals surface area contributed by atoms with Crippen LogP contribution in [0.3, 0.4) is 0 Å². The van der Waals surface area contributed by atoms with Crippen molar-refractivity contribution in [3.63, 3.8) is 0 Å². The number of nitrogens with one attached hydrogen (secondary N) is 2. The molecule has 2 rings (SSSR count). The Morgan fingerprint density at radius 1 is 1.38 bits per heavy atom. The van der Waals surface area contributed by atoms with Gasteiger partial charge in [-0.25, -0.2) is 13.1 Å². The van der Waals surface area contributed by atoms with Crippen molar-refractivity contribution < 1.29 is 13.2 Å². The summed E-state index contributed by atoms with van der Waals surface area (Å²) >= 11 is 5.96. The Bertz CT molecular complexity index is 574. The molecule has 118 valence electrons. The molecule has 1 aliphatic rings. The van der Waals surface area contributed by atoms with Crippen molar-refractivity contribution in [2.75, 3.05) is 46.4 Å². The number of ether oxygens (including phenoxy) is 1. The maximum Gasteiger partial charge on any atom is 0.240 e. The van der Waals surface area contributed by atoms with Crippen LogP contribution in [-0.4, -0.2) is 59.7 Å². The number of methoxy groups -OCH3 is 1. The quantitative estimate of drug-likeness (QED) is 0.795. The highest BCUT2D eigenvalue weighted by atomic mass is 35.5.